The number of rotatable bonds is 5. The Labute approximate surface area is 193 Å². The highest BCUT2D eigenvalue weighted by Crippen LogP contribution is 2.32. The second-order valence-corrected chi connectivity index (χ2v) is 10.2. The molecule has 4 aromatic rings. The van der Waals surface area contributed by atoms with Gasteiger partial charge in [-0.15, -0.1) is 5.10 Å². The molecular weight excluding hydrogens is 438 g/mol. The first-order valence-corrected chi connectivity index (χ1v) is 12.6. The molecule has 0 N–H and O–H groups in total. The Kier molecular flexibility index (Phi) is 5.51. The smallest absolute Gasteiger partial charge is 0.199 e. The van der Waals surface area contributed by atoms with Gasteiger partial charge in [-0.05, 0) is 55.6 Å². The first-order valence-electron chi connectivity index (χ1n) is 10.7. The Bertz CT molecular complexity index is 1390. The molecule has 0 amide bonds. The normalized spacial score (nSPS) is 15.2. The largest absolute Gasteiger partial charge is 0.453 e. The Hall–Kier alpha value is -3.43. The molecule has 3 heterocycles. The summed E-state index contributed by atoms with van der Waals surface area (Å²) in [7, 11) is -1.12. The van der Waals surface area contributed by atoms with E-state index >= 15 is 0 Å². The first kappa shape index (κ1) is 21.4. The van der Waals surface area contributed by atoms with Gasteiger partial charge < -0.3 is 14.5 Å². The molecule has 1 fully saturated rings. The summed E-state index contributed by atoms with van der Waals surface area (Å²) in [6.45, 7) is 3.95. The van der Waals surface area contributed by atoms with Crippen molar-refractivity contribution in [1.29, 1.82) is 0 Å². The third kappa shape index (κ3) is 4.42. The number of hydrogen-bond donors (Lipinski definition) is 0. The van der Waals surface area contributed by atoms with Gasteiger partial charge in [0.2, 0.25) is 0 Å². The lowest BCUT2D eigenvalue weighted by atomic mass is 10.1. The minimum atomic E-state index is -3.26. The van der Waals surface area contributed by atoms with E-state index in [9.17, 15) is 8.42 Å². The minimum Gasteiger partial charge on any atom is -0.453 e. The van der Waals surface area contributed by atoms with Crippen LogP contribution >= 0.6 is 0 Å². The number of likely N-dealkylation sites (N-methyl/N-ethyl adjacent to an activating group) is 1. The fourth-order valence-electron chi connectivity index (χ4n) is 3.94. The zero-order valence-corrected chi connectivity index (χ0v) is 19.4. The lowest BCUT2D eigenvalue weighted by Gasteiger charge is -2.34. The second-order valence-electron chi connectivity index (χ2n) is 8.23. The number of sulfone groups is 1. The van der Waals surface area contributed by atoms with Crippen LogP contribution in [0.3, 0.4) is 0 Å². The van der Waals surface area contributed by atoms with Crippen LogP contribution in [0, 0.1) is 0 Å². The Balaban J connectivity index is 1.48. The molecule has 0 unspecified atom stereocenters. The summed E-state index contributed by atoms with van der Waals surface area (Å²) in [4.78, 5) is 9.75. The third-order valence-electron chi connectivity index (χ3n) is 5.80. The molecular formula is C24H25N5O3S. The second kappa shape index (κ2) is 8.49. The maximum atomic E-state index is 11.7. The van der Waals surface area contributed by atoms with Gasteiger partial charge in [0.05, 0.1) is 4.90 Å². The number of benzene rings is 2. The molecule has 0 spiro atoms. The molecule has 5 rings (SSSR count). The maximum absolute atomic E-state index is 11.7. The summed E-state index contributed by atoms with van der Waals surface area (Å²) >= 11 is 0. The third-order valence-corrected chi connectivity index (χ3v) is 6.92. The number of nitrogens with zero attached hydrogens (tertiary/aromatic N) is 5. The van der Waals surface area contributed by atoms with Gasteiger partial charge >= 0.3 is 0 Å². The average molecular weight is 464 g/mol. The SMILES string of the molecule is CN1CCN(c2ccccc2-c2nc3c(Oc4ccc(S(C)(=O)=O)cc4)cccn3n2)CC1. The number of para-hydroxylation sites is 1. The van der Waals surface area contributed by atoms with Gasteiger partial charge in [-0.3, -0.25) is 0 Å². The zero-order chi connectivity index (χ0) is 23.0. The van der Waals surface area contributed by atoms with Gasteiger partial charge in [-0.2, -0.15) is 0 Å². The fourth-order valence-corrected chi connectivity index (χ4v) is 4.57. The first-order chi connectivity index (χ1) is 15.9. The molecule has 1 aliphatic heterocycles. The van der Waals surface area contributed by atoms with Crippen LogP contribution in [0.4, 0.5) is 5.69 Å². The molecule has 0 atom stereocenters. The molecule has 1 saturated heterocycles. The highest BCUT2D eigenvalue weighted by molar-refractivity contribution is 7.90. The molecule has 1 aliphatic rings. The molecule has 170 valence electrons. The van der Waals surface area contributed by atoms with Crippen molar-refractivity contribution < 1.29 is 13.2 Å². The number of aromatic nitrogens is 3. The van der Waals surface area contributed by atoms with E-state index in [1.54, 1.807) is 16.6 Å². The van der Waals surface area contributed by atoms with E-state index in [2.05, 4.69) is 22.9 Å². The van der Waals surface area contributed by atoms with Crippen LogP contribution in [0.2, 0.25) is 0 Å². The molecule has 8 nitrogen and oxygen atoms in total. The Morgan fingerprint density at radius 2 is 1.64 bits per heavy atom. The van der Waals surface area contributed by atoms with E-state index in [0.29, 0.717) is 23.0 Å². The van der Waals surface area contributed by atoms with E-state index in [-0.39, 0.29) is 4.90 Å². The number of piperazine rings is 1. The molecule has 0 aliphatic carbocycles. The zero-order valence-electron chi connectivity index (χ0n) is 18.5. The van der Waals surface area contributed by atoms with E-state index < -0.39 is 9.84 Å². The van der Waals surface area contributed by atoms with Crippen molar-refractivity contribution in [3.8, 4) is 22.9 Å². The van der Waals surface area contributed by atoms with Gasteiger partial charge in [0.15, 0.2) is 27.1 Å². The minimum absolute atomic E-state index is 0.248. The highest BCUT2D eigenvalue weighted by Gasteiger charge is 2.20. The number of pyridine rings is 1. The number of ether oxygens (including phenoxy) is 1. The predicted molar refractivity (Wildman–Crippen MR) is 128 cm³/mol. The molecule has 0 radical (unpaired) electrons. The van der Waals surface area contributed by atoms with Gasteiger partial charge in [0.1, 0.15) is 5.75 Å². The number of anilines is 1. The van der Waals surface area contributed by atoms with Crippen molar-refractivity contribution >= 4 is 21.2 Å². The monoisotopic (exact) mass is 463 g/mol. The Morgan fingerprint density at radius 1 is 0.909 bits per heavy atom. The van der Waals surface area contributed by atoms with E-state index in [4.69, 9.17) is 14.8 Å². The highest BCUT2D eigenvalue weighted by atomic mass is 32.2. The molecule has 9 heteroatoms. The van der Waals surface area contributed by atoms with Gasteiger partial charge in [0, 0.05) is 49.9 Å². The van der Waals surface area contributed by atoms with Crippen LogP contribution in [0.25, 0.3) is 17.0 Å². The van der Waals surface area contributed by atoms with E-state index in [1.807, 2.05) is 36.5 Å². The molecule has 0 saturated carbocycles. The van der Waals surface area contributed by atoms with Crippen molar-refractivity contribution in [2.45, 2.75) is 4.90 Å². The van der Waals surface area contributed by atoms with Crippen molar-refractivity contribution in [1.82, 2.24) is 19.5 Å². The molecule has 33 heavy (non-hydrogen) atoms. The standard InChI is InChI=1S/C24H25N5O3S/c1-27-14-16-28(17-15-27)21-7-4-3-6-20(21)23-25-24-22(8-5-13-29(24)26-23)32-18-9-11-19(12-10-18)33(2,30)31/h3-13H,14-17H2,1-2H3. The lowest BCUT2D eigenvalue weighted by molar-refractivity contribution is 0.313. The van der Waals surface area contributed by atoms with Gasteiger partial charge in [-0.1, -0.05) is 12.1 Å². The summed E-state index contributed by atoms with van der Waals surface area (Å²) < 4.78 is 31.1. The molecule has 2 aromatic heterocycles. The van der Waals surface area contributed by atoms with E-state index in [1.165, 1.54) is 18.4 Å². The van der Waals surface area contributed by atoms with E-state index in [0.717, 1.165) is 37.4 Å². The van der Waals surface area contributed by atoms with Crippen LogP contribution in [-0.2, 0) is 9.84 Å². The summed E-state index contributed by atoms with van der Waals surface area (Å²) in [5, 5.41) is 4.71. The average Bonchev–Trinajstić information content (AvgIpc) is 3.25. The van der Waals surface area contributed by atoms with Gasteiger partial charge in [0.25, 0.3) is 0 Å². The number of hydrogen-bond acceptors (Lipinski definition) is 7. The maximum Gasteiger partial charge on any atom is 0.199 e. The van der Waals surface area contributed by atoms with Crippen LogP contribution in [0.15, 0.2) is 71.8 Å². The lowest BCUT2D eigenvalue weighted by Crippen LogP contribution is -2.44. The van der Waals surface area contributed by atoms with Crippen LogP contribution < -0.4 is 9.64 Å². The quantitative estimate of drug-likeness (QED) is 0.449. The molecule has 0 bridgehead atoms. The van der Waals surface area contributed by atoms with Crippen molar-refractivity contribution in [2.75, 3.05) is 44.4 Å². The van der Waals surface area contributed by atoms with Crippen LogP contribution in [-0.4, -0.2) is 67.4 Å². The summed E-state index contributed by atoms with van der Waals surface area (Å²) in [6, 6.07) is 18.2. The topological polar surface area (TPSA) is 80.0 Å². The number of fused-ring (bicyclic) bond motifs is 1. The summed E-state index contributed by atoms with van der Waals surface area (Å²) in [6.07, 6.45) is 3.02. The van der Waals surface area contributed by atoms with Crippen molar-refractivity contribution in [3.63, 3.8) is 0 Å². The summed E-state index contributed by atoms with van der Waals surface area (Å²) in [5.74, 6) is 1.70. The van der Waals surface area contributed by atoms with Gasteiger partial charge in [-0.25, -0.2) is 17.9 Å². The Morgan fingerprint density at radius 3 is 2.36 bits per heavy atom. The van der Waals surface area contributed by atoms with Crippen molar-refractivity contribution in [3.05, 3.63) is 66.9 Å². The van der Waals surface area contributed by atoms with Crippen LogP contribution in [0.1, 0.15) is 0 Å². The van der Waals surface area contributed by atoms with Crippen LogP contribution in [0.5, 0.6) is 11.5 Å². The predicted octanol–water partition coefficient (Wildman–Crippen LogP) is 3.34. The summed E-state index contributed by atoms with van der Waals surface area (Å²) in [5.41, 5.74) is 2.70. The fraction of sp³-hybridized carbons (Fsp3) is 0.250. The molecule has 2 aromatic carbocycles. The van der Waals surface area contributed by atoms with Crippen molar-refractivity contribution in [2.24, 2.45) is 0 Å².